The molecule has 0 aliphatic carbocycles. The predicted octanol–water partition coefficient (Wildman–Crippen LogP) is 1.17. The zero-order valence-electron chi connectivity index (χ0n) is 11.5. The number of ether oxygens (including phenoxy) is 1. The summed E-state index contributed by atoms with van der Waals surface area (Å²) < 4.78 is 4.54. The van der Waals surface area contributed by atoms with E-state index in [1.54, 1.807) is 6.92 Å². The standard InChI is InChI=1S/C14H17N3O3/c1-9(14(19)20-2)15-13(18)8-7-12-16-10-5-3-4-6-11(10)17-12/h3-6,9H,7-8H2,1-2H3,(H,15,18)(H,16,17). The first-order valence-electron chi connectivity index (χ1n) is 6.41. The highest BCUT2D eigenvalue weighted by molar-refractivity contribution is 5.84. The van der Waals surface area contributed by atoms with Crippen molar-refractivity contribution in [3.63, 3.8) is 0 Å². The number of hydrogen-bond acceptors (Lipinski definition) is 4. The maximum Gasteiger partial charge on any atom is 0.328 e. The molecule has 1 aromatic heterocycles. The number of para-hydroxylation sites is 2. The molecule has 0 spiro atoms. The normalized spacial score (nSPS) is 12.1. The molecule has 1 unspecified atom stereocenters. The lowest BCUT2D eigenvalue weighted by Gasteiger charge is -2.10. The number of esters is 1. The summed E-state index contributed by atoms with van der Waals surface area (Å²) in [5.41, 5.74) is 1.83. The lowest BCUT2D eigenvalue weighted by atomic mass is 10.2. The van der Waals surface area contributed by atoms with Crippen LogP contribution in [0.1, 0.15) is 19.2 Å². The smallest absolute Gasteiger partial charge is 0.328 e. The van der Waals surface area contributed by atoms with Gasteiger partial charge in [0.1, 0.15) is 11.9 Å². The minimum atomic E-state index is -0.636. The molecule has 0 saturated heterocycles. The SMILES string of the molecule is COC(=O)C(C)NC(=O)CCc1nc2ccccc2[nH]1. The Labute approximate surface area is 116 Å². The lowest BCUT2D eigenvalue weighted by Crippen LogP contribution is -2.39. The number of carbonyl (C=O) groups excluding carboxylic acids is 2. The van der Waals surface area contributed by atoms with Crippen molar-refractivity contribution < 1.29 is 14.3 Å². The average Bonchev–Trinajstić information content (AvgIpc) is 2.87. The summed E-state index contributed by atoms with van der Waals surface area (Å²) in [6, 6.07) is 7.05. The van der Waals surface area contributed by atoms with Gasteiger partial charge in [-0.25, -0.2) is 9.78 Å². The molecule has 106 valence electrons. The first-order chi connectivity index (χ1) is 9.60. The number of fused-ring (bicyclic) bond motifs is 1. The quantitative estimate of drug-likeness (QED) is 0.802. The molecular weight excluding hydrogens is 258 g/mol. The van der Waals surface area contributed by atoms with Crippen LogP contribution in [0.25, 0.3) is 11.0 Å². The van der Waals surface area contributed by atoms with Crippen molar-refractivity contribution in [3.8, 4) is 0 Å². The van der Waals surface area contributed by atoms with Crippen molar-refractivity contribution in [1.29, 1.82) is 0 Å². The Morgan fingerprint density at radius 2 is 2.15 bits per heavy atom. The zero-order valence-corrected chi connectivity index (χ0v) is 11.5. The first-order valence-corrected chi connectivity index (χ1v) is 6.41. The molecule has 1 heterocycles. The van der Waals surface area contributed by atoms with E-state index in [1.165, 1.54) is 7.11 Å². The van der Waals surface area contributed by atoms with Crippen LogP contribution in [0.15, 0.2) is 24.3 Å². The van der Waals surface area contributed by atoms with Gasteiger partial charge in [-0.2, -0.15) is 0 Å². The summed E-state index contributed by atoms with van der Waals surface area (Å²) in [5.74, 6) is 0.0949. The highest BCUT2D eigenvalue weighted by Gasteiger charge is 2.15. The number of aromatic amines is 1. The number of carbonyl (C=O) groups is 2. The number of nitrogens with one attached hydrogen (secondary N) is 2. The topological polar surface area (TPSA) is 84.1 Å². The van der Waals surface area contributed by atoms with Crippen LogP contribution >= 0.6 is 0 Å². The van der Waals surface area contributed by atoms with Gasteiger partial charge >= 0.3 is 5.97 Å². The highest BCUT2D eigenvalue weighted by Crippen LogP contribution is 2.11. The maximum atomic E-state index is 11.7. The van der Waals surface area contributed by atoms with Crippen molar-refractivity contribution in [1.82, 2.24) is 15.3 Å². The number of H-pyrrole nitrogens is 1. The Morgan fingerprint density at radius 3 is 2.85 bits per heavy atom. The number of hydrogen-bond donors (Lipinski definition) is 2. The van der Waals surface area contributed by atoms with Crippen LogP contribution in [0.3, 0.4) is 0 Å². The Balaban J connectivity index is 1.88. The molecule has 1 amide bonds. The van der Waals surface area contributed by atoms with E-state index >= 15 is 0 Å². The minimum Gasteiger partial charge on any atom is -0.467 e. The van der Waals surface area contributed by atoms with E-state index in [4.69, 9.17) is 0 Å². The molecule has 2 N–H and O–H groups in total. The Hall–Kier alpha value is -2.37. The maximum absolute atomic E-state index is 11.7. The fraction of sp³-hybridized carbons (Fsp3) is 0.357. The number of methoxy groups -OCH3 is 1. The fourth-order valence-corrected chi connectivity index (χ4v) is 1.91. The number of amides is 1. The number of rotatable bonds is 5. The molecule has 0 saturated carbocycles. The van der Waals surface area contributed by atoms with Crippen molar-refractivity contribution in [2.45, 2.75) is 25.8 Å². The summed E-state index contributed by atoms with van der Waals surface area (Å²) in [5, 5.41) is 2.58. The molecule has 2 rings (SSSR count). The second kappa shape index (κ2) is 6.18. The van der Waals surface area contributed by atoms with Crippen molar-refractivity contribution >= 4 is 22.9 Å². The van der Waals surface area contributed by atoms with Gasteiger partial charge in [-0.05, 0) is 19.1 Å². The summed E-state index contributed by atoms with van der Waals surface area (Å²) in [6.45, 7) is 1.59. The number of benzene rings is 1. The molecule has 0 fully saturated rings. The van der Waals surface area contributed by atoms with Gasteiger partial charge in [-0.15, -0.1) is 0 Å². The number of aryl methyl sites for hydroxylation is 1. The van der Waals surface area contributed by atoms with Crippen molar-refractivity contribution in [2.24, 2.45) is 0 Å². The van der Waals surface area contributed by atoms with E-state index in [0.29, 0.717) is 6.42 Å². The number of aromatic nitrogens is 2. The van der Waals surface area contributed by atoms with Gasteiger partial charge in [0.15, 0.2) is 0 Å². The monoisotopic (exact) mass is 275 g/mol. The largest absolute Gasteiger partial charge is 0.467 e. The second-order valence-corrected chi connectivity index (χ2v) is 4.51. The number of nitrogens with zero attached hydrogens (tertiary/aromatic N) is 1. The molecule has 0 aliphatic rings. The van der Waals surface area contributed by atoms with Gasteiger partial charge < -0.3 is 15.0 Å². The summed E-state index contributed by atoms with van der Waals surface area (Å²) in [6.07, 6.45) is 0.759. The van der Waals surface area contributed by atoms with E-state index in [9.17, 15) is 9.59 Å². The van der Waals surface area contributed by atoms with Crippen LogP contribution in [0.5, 0.6) is 0 Å². The van der Waals surface area contributed by atoms with Crippen molar-refractivity contribution in [2.75, 3.05) is 7.11 Å². The minimum absolute atomic E-state index is 0.205. The summed E-state index contributed by atoms with van der Waals surface area (Å²) in [4.78, 5) is 30.4. The third-order valence-corrected chi connectivity index (χ3v) is 2.96. The zero-order chi connectivity index (χ0) is 14.5. The molecule has 1 aromatic carbocycles. The number of imidazole rings is 1. The molecule has 1 atom stereocenters. The Morgan fingerprint density at radius 1 is 1.40 bits per heavy atom. The van der Waals surface area contributed by atoms with Gasteiger partial charge in [-0.3, -0.25) is 4.79 Å². The summed E-state index contributed by atoms with van der Waals surface area (Å²) >= 11 is 0. The third kappa shape index (κ3) is 3.34. The van der Waals surface area contributed by atoms with Gasteiger partial charge in [0.2, 0.25) is 5.91 Å². The predicted molar refractivity (Wildman–Crippen MR) is 74.0 cm³/mol. The third-order valence-electron chi connectivity index (χ3n) is 2.96. The van der Waals surface area contributed by atoms with E-state index in [1.807, 2.05) is 24.3 Å². The fourth-order valence-electron chi connectivity index (χ4n) is 1.91. The van der Waals surface area contributed by atoms with E-state index in [0.717, 1.165) is 16.9 Å². The van der Waals surface area contributed by atoms with E-state index < -0.39 is 12.0 Å². The van der Waals surface area contributed by atoms with Crippen LogP contribution in [-0.2, 0) is 20.7 Å². The molecule has 2 aromatic rings. The second-order valence-electron chi connectivity index (χ2n) is 4.51. The lowest BCUT2D eigenvalue weighted by molar-refractivity contribution is -0.144. The van der Waals surface area contributed by atoms with Crippen LogP contribution in [0.2, 0.25) is 0 Å². The van der Waals surface area contributed by atoms with E-state index in [2.05, 4.69) is 20.0 Å². The van der Waals surface area contributed by atoms with Crippen LogP contribution < -0.4 is 5.32 Å². The first kappa shape index (κ1) is 14.0. The van der Waals surface area contributed by atoms with Crippen LogP contribution in [-0.4, -0.2) is 35.0 Å². The van der Waals surface area contributed by atoms with E-state index in [-0.39, 0.29) is 12.3 Å². The van der Waals surface area contributed by atoms with Gasteiger partial charge in [0.25, 0.3) is 0 Å². The van der Waals surface area contributed by atoms with Crippen molar-refractivity contribution in [3.05, 3.63) is 30.1 Å². The molecule has 6 heteroatoms. The Kier molecular flexibility index (Phi) is 4.34. The summed E-state index contributed by atoms with van der Waals surface area (Å²) in [7, 11) is 1.29. The highest BCUT2D eigenvalue weighted by atomic mass is 16.5. The average molecular weight is 275 g/mol. The molecular formula is C14H17N3O3. The molecule has 0 aliphatic heterocycles. The molecule has 6 nitrogen and oxygen atoms in total. The molecule has 0 radical (unpaired) electrons. The Bertz CT molecular complexity index is 588. The van der Waals surface area contributed by atoms with Gasteiger partial charge in [-0.1, -0.05) is 12.1 Å². The van der Waals surface area contributed by atoms with Crippen LogP contribution in [0.4, 0.5) is 0 Å². The van der Waals surface area contributed by atoms with Crippen LogP contribution in [0, 0.1) is 0 Å². The van der Waals surface area contributed by atoms with Gasteiger partial charge in [0.05, 0.1) is 18.1 Å². The van der Waals surface area contributed by atoms with Gasteiger partial charge in [0, 0.05) is 12.8 Å². The molecule has 0 bridgehead atoms. The molecule has 20 heavy (non-hydrogen) atoms.